The number of rotatable bonds is 2. The molecule has 0 saturated carbocycles. The van der Waals surface area contributed by atoms with Crippen LogP contribution in [0.4, 0.5) is 5.82 Å². The first kappa shape index (κ1) is 13.6. The van der Waals surface area contributed by atoms with E-state index in [4.69, 9.17) is 5.73 Å². The summed E-state index contributed by atoms with van der Waals surface area (Å²) in [4.78, 5) is 17.7. The van der Waals surface area contributed by atoms with E-state index in [1.54, 1.807) is 23.6 Å². The number of aryl methyl sites for hydroxylation is 1. The number of hydrogen-bond donors (Lipinski definition) is 2. The zero-order valence-electron chi connectivity index (χ0n) is 10.7. The smallest absolute Gasteiger partial charge is 0.255 e. The molecule has 4 nitrogen and oxygen atoms in total. The Morgan fingerprint density at radius 2 is 2.40 bits per heavy atom. The number of amides is 1. The van der Waals surface area contributed by atoms with Crippen LogP contribution in [-0.4, -0.2) is 10.9 Å². The van der Waals surface area contributed by atoms with Gasteiger partial charge < -0.3 is 11.1 Å². The van der Waals surface area contributed by atoms with E-state index in [-0.39, 0.29) is 17.8 Å². The molecule has 104 valence electrons. The number of nitrogens with one attached hydrogen (secondary N) is 1. The standard InChI is InChI=1S/C14H14BrN3OS/c15-8-6-10(13(16)17-7-8)14(19)18-11-2-1-3-12-9(11)4-5-20-12/h4-7,11H,1-3H2,(H2,16,17)(H,18,19). The van der Waals surface area contributed by atoms with Crippen molar-refractivity contribution >= 4 is 39.0 Å². The van der Waals surface area contributed by atoms with Crippen molar-refractivity contribution < 1.29 is 4.79 Å². The number of nitrogens with two attached hydrogens (primary N) is 1. The Balaban J connectivity index is 1.82. The van der Waals surface area contributed by atoms with Crippen molar-refractivity contribution in [2.75, 3.05) is 5.73 Å². The zero-order valence-corrected chi connectivity index (χ0v) is 13.1. The highest BCUT2D eigenvalue weighted by Crippen LogP contribution is 2.33. The summed E-state index contributed by atoms with van der Waals surface area (Å²) in [6.07, 6.45) is 4.77. The molecule has 20 heavy (non-hydrogen) atoms. The molecule has 0 saturated heterocycles. The van der Waals surface area contributed by atoms with Gasteiger partial charge in [0.15, 0.2) is 0 Å². The Morgan fingerprint density at radius 1 is 1.55 bits per heavy atom. The van der Waals surface area contributed by atoms with E-state index < -0.39 is 0 Å². The Kier molecular flexibility index (Phi) is 3.76. The number of nitrogens with zero attached hydrogens (tertiary/aromatic N) is 1. The second-order valence-electron chi connectivity index (χ2n) is 4.80. The highest BCUT2D eigenvalue weighted by Gasteiger charge is 2.24. The Hall–Kier alpha value is -1.40. The van der Waals surface area contributed by atoms with Crippen molar-refractivity contribution in [1.29, 1.82) is 0 Å². The number of carbonyl (C=O) groups is 1. The van der Waals surface area contributed by atoms with E-state index >= 15 is 0 Å². The third-order valence-electron chi connectivity index (χ3n) is 3.49. The number of thiophene rings is 1. The molecule has 1 aliphatic rings. The first-order valence-electron chi connectivity index (χ1n) is 6.43. The zero-order chi connectivity index (χ0) is 14.1. The number of pyridine rings is 1. The summed E-state index contributed by atoms with van der Waals surface area (Å²) in [5.41, 5.74) is 7.44. The van der Waals surface area contributed by atoms with Gasteiger partial charge in [-0.3, -0.25) is 4.79 Å². The Morgan fingerprint density at radius 3 is 3.25 bits per heavy atom. The Bertz CT molecular complexity index is 656. The molecule has 3 N–H and O–H groups in total. The lowest BCUT2D eigenvalue weighted by atomic mass is 9.94. The average molecular weight is 352 g/mol. The lowest BCUT2D eigenvalue weighted by molar-refractivity contribution is 0.0933. The van der Waals surface area contributed by atoms with E-state index in [9.17, 15) is 4.79 Å². The third-order valence-corrected chi connectivity index (χ3v) is 4.92. The van der Waals surface area contributed by atoms with E-state index in [2.05, 4.69) is 37.7 Å². The topological polar surface area (TPSA) is 68.0 Å². The molecule has 2 aromatic rings. The second-order valence-corrected chi connectivity index (χ2v) is 6.72. The number of fused-ring (bicyclic) bond motifs is 1. The van der Waals surface area contributed by atoms with Crippen molar-refractivity contribution in [3.63, 3.8) is 0 Å². The number of halogens is 1. The highest BCUT2D eigenvalue weighted by molar-refractivity contribution is 9.10. The Labute approximate surface area is 129 Å². The summed E-state index contributed by atoms with van der Waals surface area (Å²) in [6, 6.07) is 3.89. The summed E-state index contributed by atoms with van der Waals surface area (Å²) in [5.74, 6) is 0.0902. The SMILES string of the molecule is Nc1ncc(Br)cc1C(=O)NC1CCCc2sccc21. The van der Waals surface area contributed by atoms with Crippen molar-refractivity contribution in [3.8, 4) is 0 Å². The van der Waals surface area contributed by atoms with Gasteiger partial charge in [-0.05, 0) is 58.3 Å². The molecule has 1 amide bonds. The van der Waals surface area contributed by atoms with Crippen LogP contribution in [0.15, 0.2) is 28.2 Å². The molecule has 2 heterocycles. The molecule has 0 bridgehead atoms. The molecule has 0 spiro atoms. The van der Waals surface area contributed by atoms with Crippen LogP contribution in [0, 0.1) is 0 Å². The molecule has 0 aliphatic heterocycles. The van der Waals surface area contributed by atoms with Gasteiger partial charge in [-0.2, -0.15) is 0 Å². The van der Waals surface area contributed by atoms with Gasteiger partial charge in [-0.1, -0.05) is 0 Å². The van der Waals surface area contributed by atoms with Gasteiger partial charge in [-0.25, -0.2) is 4.98 Å². The number of nitrogen functional groups attached to an aromatic ring is 1. The number of hydrogen-bond acceptors (Lipinski definition) is 4. The maximum atomic E-state index is 12.4. The third kappa shape index (κ3) is 2.58. The summed E-state index contributed by atoms with van der Waals surface area (Å²) >= 11 is 5.07. The van der Waals surface area contributed by atoms with Gasteiger partial charge in [-0.15, -0.1) is 11.3 Å². The quantitative estimate of drug-likeness (QED) is 0.872. The predicted octanol–water partition coefficient (Wildman–Crippen LogP) is 3.30. The van der Waals surface area contributed by atoms with Gasteiger partial charge >= 0.3 is 0 Å². The van der Waals surface area contributed by atoms with E-state index in [0.29, 0.717) is 5.56 Å². The molecule has 2 aromatic heterocycles. The number of carbonyl (C=O) groups excluding carboxylic acids is 1. The highest BCUT2D eigenvalue weighted by atomic mass is 79.9. The fraction of sp³-hybridized carbons (Fsp3) is 0.286. The van der Waals surface area contributed by atoms with Crippen LogP contribution >= 0.6 is 27.3 Å². The lowest BCUT2D eigenvalue weighted by Gasteiger charge is -2.23. The maximum absolute atomic E-state index is 12.4. The van der Waals surface area contributed by atoms with Crippen LogP contribution in [-0.2, 0) is 6.42 Å². The fourth-order valence-electron chi connectivity index (χ4n) is 2.50. The average Bonchev–Trinajstić information content (AvgIpc) is 2.91. The second kappa shape index (κ2) is 5.54. The molecule has 0 aromatic carbocycles. The molecular formula is C14H14BrN3OS. The van der Waals surface area contributed by atoms with E-state index in [0.717, 1.165) is 23.7 Å². The van der Waals surface area contributed by atoms with E-state index in [1.807, 2.05) is 0 Å². The van der Waals surface area contributed by atoms with Gasteiger partial charge in [0.2, 0.25) is 0 Å². The summed E-state index contributed by atoms with van der Waals surface area (Å²) in [6.45, 7) is 0. The molecule has 1 atom stereocenters. The molecule has 0 fully saturated rings. The van der Waals surface area contributed by atoms with Gasteiger partial charge in [0.05, 0.1) is 11.6 Å². The van der Waals surface area contributed by atoms with Crippen LogP contribution < -0.4 is 11.1 Å². The monoisotopic (exact) mass is 351 g/mol. The van der Waals surface area contributed by atoms with Gasteiger partial charge in [0.25, 0.3) is 5.91 Å². The molecule has 1 unspecified atom stereocenters. The predicted molar refractivity (Wildman–Crippen MR) is 83.8 cm³/mol. The first-order chi connectivity index (χ1) is 9.65. The van der Waals surface area contributed by atoms with Crippen molar-refractivity contribution in [3.05, 3.63) is 44.2 Å². The molecule has 0 radical (unpaired) electrons. The minimum absolute atomic E-state index is 0.0795. The summed E-state index contributed by atoms with van der Waals surface area (Å²) < 4.78 is 0.747. The molecule has 6 heteroatoms. The normalized spacial score (nSPS) is 17.6. The van der Waals surface area contributed by atoms with Crippen LogP contribution in [0.3, 0.4) is 0 Å². The lowest BCUT2D eigenvalue weighted by Crippen LogP contribution is -2.31. The van der Waals surface area contributed by atoms with Crippen LogP contribution in [0.5, 0.6) is 0 Å². The minimum Gasteiger partial charge on any atom is -0.383 e. The molecule has 1 aliphatic carbocycles. The van der Waals surface area contributed by atoms with E-state index in [1.165, 1.54) is 10.4 Å². The van der Waals surface area contributed by atoms with Crippen LogP contribution in [0.2, 0.25) is 0 Å². The fourth-order valence-corrected chi connectivity index (χ4v) is 3.82. The molecular weight excluding hydrogens is 338 g/mol. The summed E-state index contributed by atoms with van der Waals surface area (Å²) in [5, 5.41) is 5.16. The minimum atomic E-state index is -0.166. The van der Waals surface area contributed by atoms with Gasteiger partial charge in [0.1, 0.15) is 5.82 Å². The molecule has 3 rings (SSSR count). The van der Waals surface area contributed by atoms with Crippen LogP contribution in [0.1, 0.15) is 39.7 Å². The largest absolute Gasteiger partial charge is 0.383 e. The number of anilines is 1. The number of aromatic nitrogens is 1. The van der Waals surface area contributed by atoms with Gasteiger partial charge in [0, 0.05) is 15.5 Å². The first-order valence-corrected chi connectivity index (χ1v) is 8.10. The van der Waals surface area contributed by atoms with Crippen molar-refractivity contribution in [2.24, 2.45) is 0 Å². The maximum Gasteiger partial charge on any atom is 0.255 e. The van der Waals surface area contributed by atoms with Crippen molar-refractivity contribution in [1.82, 2.24) is 10.3 Å². The van der Waals surface area contributed by atoms with Crippen molar-refractivity contribution in [2.45, 2.75) is 25.3 Å². The van der Waals surface area contributed by atoms with Crippen LogP contribution in [0.25, 0.3) is 0 Å². The summed E-state index contributed by atoms with van der Waals surface area (Å²) in [7, 11) is 0.